The third-order valence-electron chi connectivity index (χ3n) is 5.63. The van der Waals surface area contributed by atoms with E-state index in [9.17, 15) is 13.6 Å². The fourth-order valence-corrected chi connectivity index (χ4v) is 3.69. The van der Waals surface area contributed by atoms with E-state index in [1.807, 2.05) is 0 Å². The molecule has 3 nitrogen and oxygen atoms in total. The van der Waals surface area contributed by atoms with Crippen LogP contribution < -0.4 is 5.32 Å². The predicted molar refractivity (Wildman–Crippen MR) is 129 cm³/mol. The molecule has 0 radical (unpaired) electrons. The maximum Gasteiger partial charge on any atom is 0.322 e. The Bertz CT molecular complexity index is 821. The largest absolute Gasteiger partial charge is 0.322 e. The van der Waals surface area contributed by atoms with Gasteiger partial charge in [-0.15, -0.1) is 0 Å². The summed E-state index contributed by atoms with van der Waals surface area (Å²) in [5, 5.41) is 2.61. The summed E-state index contributed by atoms with van der Waals surface area (Å²) >= 11 is 0. The molecule has 0 unspecified atom stereocenters. The van der Waals surface area contributed by atoms with E-state index in [4.69, 9.17) is 0 Å². The highest BCUT2D eigenvalue weighted by molar-refractivity contribution is 5.89. The maximum absolute atomic E-state index is 14.0. The Labute approximate surface area is 192 Å². The fraction of sp³-hybridized carbons (Fsp3) is 0.519. The van der Waals surface area contributed by atoms with Gasteiger partial charge in [0, 0.05) is 19.2 Å². The summed E-state index contributed by atoms with van der Waals surface area (Å²) in [6.07, 6.45) is 8.89. The van der Waals surface area contributed by atoms with E-state index in [0.717, 1.165) is 49.8 Å². The normalized spacial score (nSPS) is 11.1. The van der Waals surface area contributed by atoms with Gasteiger partial charge in [0.25, 0.3) is 0 Å². The Kier molecular flexibility index (Phi) is 11.2. The topological polar surface area (TPSA) is 32.3 Å². The maximum atomic E-state index is 14.0. The third-order valence-corrected chi connectivity index (χ3v) is 5.63. The first-order chi connectivity index (χ1) is 15.4. The monoisotopic (exact) mass is 444 g/mol. The number of hydrogen-bond donors (Lipinski definition) is 1. The molecule has 2 rings (SSSR count). The molecule has 0 heterocycles. The summed E-state index contributed by atoms with van der Waals surface area (Å²) in [6, 6.07) is 11.2. The summed E-state index contributed by atoms with van der Waals surface area (Å²) in [4.78, 5) is 14.6. The average Bonchev–Trinajstić information content (AvgIpc) is 2.75. The molecule has 0 bridgehead atoms. The van der Waals surface area contributed by atoms with Crippen molar-refractivity contribution in [3.8, 4) is 0 Å². The first-order valence-corrected chi connectivity index (χ1v) is 12.0. The number of nitrogens with zero attached hydrogens (tertiary/aromatic N) is 1. The van der Waals surface area contributed by atoms with Gasteiger partial charge in [-0.2, -0.15) is 0 Å². The summed E-state index contributed by atoms with van der Waals surface area (Å²) < 4.78 is 27.2. The van der Waals surface area contributed by atoms with Crippen molar-refractivity contribution in [3.05, 3.63) is 65.2 Å². The molecule has 0 aliphatic carbocycles. The second-order valence-corrected chi connectivity index (χ2v) is 8.99. The average molecular weight is 445 g/mol. The van der Waals surface area contributed by atoms with E-state index in [-0.39, 0.29) is 11.7 Å². The second kappa shape index (κ2) is 13.9. The molecule has 5 heteroatoms. The SMILES string of the molecule is CCCCCCCN(Cc1ccc(CCCC(C)C)cc1)C(=O)Nc1ccc(F)cc1F. The Morgan fingerprint density at radius 3 is 2.28 bits per heavy atom. The van der Waals surface area contributed by atoms with Crippen LogP contribution >= 0.6 is 0 Å². The highest BCUT2D eigenvalue weighted by atomic mass is 19.1. The number of amides is 2. The minimum atomic E-state index is -0.771. The predicted octanol–water partition coefficient (Wildman–Crippen LogP) is 7.95. The molecule has 0 saturated heterocycles. The molecule has 0 aliphatic rings. The van der Waals surface area contributed by atoms with E-state index < -0.39 is 11.6 Å². The summed E-state index contributed by atoms with van der Waals surface area (Å²) in [5.41, 5.74) is 2.34. The Balaban J connectivity index is 2.01. The van der Waals surface area contributed by atoms with E-state index in [1.165, 1.54) is 30.9 Å². The number of carbonyl (C=O) groups is 1. The molecule has 2 aromatic rings. The lowest BCUT2D eigenvalue weighted by atomic mass is 10.0. The van der Waals surface area contributed by atoms with Crippen LogP contribution in [0.25, 0.3) is 0 Å². The van der Waals surface area contributed by atoms with Gasteiger partial charge in [0.2, 0.25) is 0 Å². The van der Waals surface area contributed by atoms with Crippen LogP contribution in [-0.2, 0) is 13.0 Å². The number of urea groups is 1. The van der Waals surface area contributed by atoms with Gasteiger partial charge >= 0.3 is 6.03 Å². The smallest absolute Gasteiger partial charge is 0.320 e. The zero-order valence-corrected chi connectivity index (χ0v) is 19.8. The summed E-state index contributed by atoms with van der Waals surface area (Å²) in [6.45, 7) is 7.69. The van der Waals surface area contributed by atoms with Gasteiger partial charge in [-0.1, -0.05) is 77.1 Å². The van der Waals surface area contributed by atoms with Gasteiger partial charge in [0.1, 0.15) is 11.6 Å². The van der Waals surface area contributed by atoms with E-state index in [0.29, 0.717) is 19.0 Å². The van der Waals surface area contributed by atoms with Crippen LogP contribution in [0.4, 0.5) is 19.3 Å². The van der Waals surface area contributed by atoms with Crippen LogP contribution in [0.5, 0.6) is 0 Å². The molecule has 176 valence electrons. The number of anilines is 1. The number of nitrogens with one attached hydrogen (secondary N) is 1. The zero-order chi connectivity index (χ0) is 23.3. The van der Waals surface area contributed by atoms with Crippen LogP contribution in [0.3, 0.4) is 0 Å². The number of halogens is 2. The number of rotatable bonds is 13. The van der Waals surface area contributed by atoms with Gasteiger partial charge in [-0.3, -0.25) is 0 Å². The van der Waals surface area contributed by atoms with Crippen molar-refractivity contribution in [1.82, 2.24) is 4.90 Å². The molecule has 2 aromatic carbocycles. The van der Waals surface area contributed by atoms with Gasteiger partial charge in [-0.05, 0) is 48.4 Å². The molecule has 0 fully saturated rings. The molecular weight excluding hydrogens is 406 g/mol. The van der Waals surface area contributed by atoms with Crippen LogP contribution in [0.15, 0.2) is 42.5 Å². The third kappa shape index (κ3) is 9.37. The van der Waals surface area contributed by atoms with Crippen molar-refractivity contribution in [1.29, 1.82) is 0 Å². The number of unbranched alkanes of at least 4 members (excludes halogenated alkanes) is 4. The van der Waals surface area contributed by atoms with E-state index in [2.05, 4.69) is 50.4 Å². The van der Waals surface area contributed by atoms with Crippen molar-refractivity contribution in [3.63, 3.8) is 0 Å². The molecule has 1 N–H and O–H groups in total. The lowest BCUT2D eigenvalue weighted by molar-refractivity contribution is 0.207. The number of hydrogen-bond acceptors (Lipinski definition) is 1. The number of benzene rings is 2. The van der Waals surface area contributed by atoms with Gasteiger partial charge in [-0.25, -0.2) is 13.6 Å². The zero-order valence-electron chi connectivity index (χ0n) is 19.8. The second-order valence-electron chi connectivity index (χ2n) is 8.99. The molecule has 2 amide bonds. The van der Waals surface area contributed by atoms with Crippen molar-refractivity contribution >= 4 is 11.7 Å². The lowest BCUT2D eigenvalue weighted by Crippen LogP contribution is -2.35. The molecule has 0 aliphatic heterocycles. The minimum absolute atomic E-state index is 0.00659. The standard InChI is InChI=1S/C27H38F2N2O/c1-4-5-6-7-8-18-31(27(32)30-26-17-16-24(28)19-25(26)29)20-23-14-12-22(13-15-23)11-9-10-21(2)3/h12-17,19,21H,4-11,18,20H2,1-3H3,(H,30,32). The Morgan fingerprint density at radius 2 is 1.62 bits per heavy atom. The van der Waals surface area contributed by atoms with Crippen LogP contribution in [0.1, 0.15) is 76.8 Å². The van der Waals surface area contributed by atoms with Crippen LogP contribution in [-0.4, -0.2) is 17.5 Å². The van der Waals surface area contributed by atoms with E-state index in [1.54, 1.807) is 4.90 Å². The molecule has 0 atom stereocenters. The molecule has 0 aromatic heterocycles. The van der Waals surface area contributed by atoms with Gasteiger partial charge in [0.05, 0.1) is 5.69 Å². The first kappa shape index (κ1) is 25.8. The molecule has 0 saturated carbocycles. The summed E-state index contributed by atoms with van der Waals surface area (Å²) in [7, 11) is 0. The molecular formula is C27H38F2N2O. The molecule has 0 spiro atoms. The quantitative estimate of drug-likeness (QED) is 0.312. The Morgan fingerprint density at radius 1 is 0.938 bits per heavy atom. The fourth-order valence-electron chi connectivity index (χ4n) is 3.69. The lowest BCUT2D eigenvalue weighted by Gasteiger charge is -2.24. The number of carbonyl (C=O) groups excluding carboxylic acids is 1. The minimum Gasteiger partial charge on any atom is -0.320 e. The first-order valence-electron chi connectivity index (χ1n) is 12.0. The summed E-state index contributed by atoms with van der Waals surface area (Å²) in [5.74, 6) is -0.724. The van der Waals surface area contributed by atoms with Gasteiger partial charge in [0.15, 0.2) is 0 Å². The van der Waals surface area contributed by atoms with Crippen molar-refractivity contribution < 1.29 is 13.6 Å². The van der Waals surface area contributed by atoms with Crippen molar-refractivity contribution in [2.24, 2.45) is 5.92 Å². The van der Waals surface area contributed by atoms with Crippen LogP contribution in [0, 0.1) is 17.6 Å². The van der Waals surface area contributed by atoms with Crippen LogP contribution in [0.2, 0.25) is 0 Å². The van der Waals surface area contributed by atoms with Crippen molar-refractivity contribution in [2.75, 3.05) is 11.9 Å². The highest BCUT2D eigenvalue weighted by Gasteiger charge is 2.16. The Hall–Kier alpha value is -2.43. The van der Waals surface area contributed by atoms with E-state index >= 15 is 0 Å². The highest BCUT2D eigenvalue weighted by Crippen LogP contribution is 2.18. The van der Waals surface area contributed by atoms with Crippen molar-refractivity contribution in [2.45, 2.75) is 78.7 Å². The number of aryl methyl sites for hydroxylation is 1. The molecule has 32 heavy (non-hydrogen) atoms. The van der Waals surface area contributed by atoms with Gasteiger partial charge < -0.3 is 10.2 Å².